The molecular formula is C20H21ClN4O. The van der Waals surface area contributed by atoms with Crippen molar-refractivity contribution in [1.29, 1.82) is 0 Å². The Kier molecular flexibility index (Phi) is 6.69. The average molecular weight is 369 g/mol. The minimum atomic E-state index is -0.163. The summed E-state index contributed by atoms with van der Waals surface area (Å²) in [5.41, 5.74) is 6.87. The van der Waals surface area contributed by atoms with Crippen molar-refractivity contribution in [2.24, 2.45) is 5.10 Å². The number of carbonyl (C=O) groups excluding carboxylic acids is 1. The summed E-state index contributed by atoms with van der Waals surface area (Å²) in [6, 6.07) is 17.9. The first-order valence-electron chi connectivity index (χ1n) is 8.15. The molecule has 1 aromatic carbocycles. The van der Waals surface area contributed by atoms with Crippen LogP contribution in [-0.4, -0.2) is 16.7 Å². The third kappa shape index (κ3) is 4.58. The number of nitrogens with zero attached hydrogens (tertiary/aromatic N) is 3. The number of para-hydroxylation sites is 1. The van der Waals surface area contributed by atoms with Crippen molar-refractivity contribution >= 4 is 12.1 Å². The Hall–Kier alpha value is -2.92. The third-order valence-electron chi connectivity index (χ3n) is 3.98. The lowest BCUT2D eigenvalue weighted by Gasteiger charge is -2.08. The predicted octanol–water partition coefficient (Wildman–Crippen LogP) is -0.464. The van der Waals surface area contributed by atoms with Crippen LogP contribution in [0.2, 0.25) is 0 Å². The highest BCUT2D eigenvalue weighted by Crippen LogP contribution is 2.19. The van der Waals surface area contributed by atoms with E-state index in [2.05, 4.69) is 40.2 Å². The van der Waals surface area contributed by atoms with E-state index in [4.69, 9.17) is 0 Å². The van der Waals surface area contributed by atoms with Crippen LogP contribution >= 0.6 is 0 Å². The summed E-state index contributed by atoms with van der Waals surface area (Å²) >= 11 is 0. The number of benzene rings is 1. The Labute approximate surface area is 159 Å². The molecule has 2 aromatic heterocycles. The standard InChI is InChI=1S/C20H20N4O.ClH/c1-16-13-18(17(2)24(16)19-9-5-3-6-10-19)14-21-22-20(25)15-23-11-7-4-8-12-23;/h3-14H,15H2,1-2H3;1H/b21-14+;. The van der Waals surface area contributed by atoms with Gasteiger partial charge in [-0.25, -0.2) is 5.43 Å². The highest BCUT2D eigenvalue weighted by molar-refractivity contribution is 5.84. The van der Waals surface area contributed by atoms with Crippen LogP contribution in [0.5, 0.6) is 0 Å². The zero-order valence-electron chi connectivity index (χ0n) is 14.8. The molecule has 0 aliphatic rings. The van der Waals surface area contributed by atoms with Gasteiger partial charge in [-0.2, -0.15) is 9.67 Å². The first-order chi connectivity index (χ1) is 12.1. The molecule has 6 heteroatoms. The molecule has 26 heavy (non-hydrogen) atoms. The predicted molar refractivity (Wildman–Crippen MR) is 97.6 cm³/mol. The Morgan fingerprint density at radius 1 is 1.12 bits per heavy atom. The van der Waals surface area contributed by atoms with Crippen molar-refractivity contribution in [2.75, 3.05) is 0 Å². The topological polar surface area (TPSA) is 50.3 Å². The Bertz CT molecular complexity index is 889. The SMILES string of the molecule is Cc1cc(/C=N/NC(=O)C[n+]2ccccc2)c(C)n1-c1ccccc1.[Cl-]. The van der Waals surface area contributed by atoms with Crippen molar-refractivity contribution < 1.29 is 21.8 Å². The molecular weight excluding hydrogens is 348 g/mol. The molecule has 0 atom stereocenters. The Morgan fingerprint density at radius 3 is 2.46 bits per heavy atom. The smallest absolute Gasteiger partial charge is 0.305 e. The number of nitrogens with one attached hydrogen (secondary N) is 1. The van der Waals surface area contributed by atoms with Crippen molar-refractivity contribution in [3.63, 3.8) is 0 Å². The number of aryl methyl sites for hydroxylation is 1. The van der Waals surface area contributed by atoms with E-state index in [-0.39, 0.29) is 24.9 Å². The van der Waals surface area contributed by atoms with E-state index in [1.165, 1.54) is 0 Å². The molecule has 0 aliphatic heterocycles. The van der Waals surface area contributed by atoms with E-state index in [0.717, 1.165) is 22.6 Å². The monoisotopic (exact) mass is 368 g/mol. The molecule has 0 unspecified atom stereocenters. The van der Waals surface area contributed by atoms with Gasteiger partial charge in [-0.05, 0) is 32.0 Å². The fraction of sp³-hybridized carbons (Fsp3) is 0.150. The second-order valence-electron chi connectivity index (χ2n) is 5.84. The maximum Gasteiger partial charge on any atom is 0.305 e. The maximum atomic E-state index is 11.9. The van der Waals surface area contributed by atoms with E-state index in [0.29, 0.717) is 0 Å². The van der Waals surface area contributed by atoms with E-state index in [9.17, 15) is 4.79 Å². The molecule has 134 valence electrons. The lowest BCUT2D eigenvalue weighted by atomic mass is 10.2. The molecule has 3 rings (SSSR count). The molecule has 0 saturated carbocycles. The second-order valence-corrected chi connectivity index (χ2v) is 5.84. The summed E-state index contributed by atoms with van der Waals surface area (Å²) in [7, 11) is 0. The van der Waals surface area contributed by atoms with E-state index < -0.39 is 0 Å². The van der Waals surface area contributed by atoms with Crippen molar-refractivity contribution in [3.8, 4) is 5.69 Å². The first-order valence-corrected chi connectivity index (χ1v) is 8.15. The van der Waals surface area contributed by atoms with Crippen molar-refractivity contribution in [1.82, 2.24) is 9.99 Å². The lowest BCUT2D eigenvalue weighted by molar-refractivity contribution is -0.684. The number of rotatable bonds is 5. The van der Waals surface area contributed by atoms with Gasteiger partial charge >= 0.3 is 5.91 Å². The normalized spacial score (nSPS) is 10.5. The van der Waals surface area contributed by atoms with E-state index in [1.807, 2.05) is 55.7 Å². The van der Waals surface area contributed by atoms with Crippen LogP contribution in [0.15, 0.2) is 72.1 Å². The van der Waals surface area contributed by atoms with Gasteiger partial charge in [-0.3, -0.25) is 4.79 Å². The molecule has 0 radical (unpaired) electrons. The summed E-state index contributed by atoms with van der Waals surface area (Å²) in [5, 5.41) is 4.10. The van der Waals surface area contributed by atoms with Crippen LogP contribution in [0.1, 0.15) is 17.0 Å². The molecule has 0 aliphatic carbocycles. The number of aromatic nitrogens is 2. The summed E-state index contributed by atoms with van der Waals surface area (Å²) in [5.74, 6) is -0.163. The number of halogens is 1. The zero-order chi connectivity index (χ0) is 17.6. The Balaban J connectivity index is 0.00000243. The van der Waals surface area contributed by atoms with Gasteiger partial charge in [0.2, 0.25) is 6.54 Å². The van der Waals surface area contributed by atoms with Crippen LogP contribution in [0.25, 0.3) is 5.69 Å². The van der Waals surface area contributed by atoms with Gasteiger partial charge in [0.05, 0.1) is 6.21 Å². The third-order valence-corrected chi connectivity index (χ3v) is 3.98. The molecule has 0 bridgehead atoms. The number of hydrogen-bond donors (Lipinski definition) is 1. The molecule has 1 amide bonds. The molecule has 0 spiro atoms. The van der Waals surface area contributed by atoms with Crippen LogP contribution in [0.4, 0.5) is 0 Å². The fourth-order valence-electron chi connectivity index (χ4n) is 2.81. The van der Waals surface area contributed by atoms with Crippen molar-refractivity contribution in [3.05, 3.63) is 83.9 Å². The van der Waals surface area contributed by atoms with Gasteiger partial charge in [-0.1, -0.05) is 24.3 Å². The molecule has 2 heterocycles. The Morgan fingerprint density at radius 2 is 1.77 bits per heavy atom. The van der Waals surface area contributed by atoms with E-state index in [1.54, 1.807) is 10.8 Å². The zero-order valence-corrected chi connectivity index (χ0v) is 15.5. The summed E-state index contributed by atoms with van der Waals surface area (Å²) in [4.78, 5) is 11.9. The van der Waals surface area contributed by atoms with Gasteiger partial charge < -0.3 is 17.0 Å². The van der Waals surface area contributed by atoms with Gasteiger partial charge in [0.15, 0.2) is 12.4 Å². The number of hydrazone groups is 1. The molecule has 0 fully saturated rings. The minimum absolute atomic E-state index is 0. The lowest BCUT2D eigenvalue weighted by Crippen LogP contribution is -3.00. The number of hydrogen-bond acceptors (Lipinski definition) is 2. The molecule has 0 saturated heterocycles. The van der Waals surface area contributed by atoms with Crippen LogP contribution in [0, 0.1) is 13.8 Å². The summed E-state index contributed by atoms with van der Waals surface area (Å²) < 4.78 is 3.97. The number of amides is 1. The summed E-state index contributed by atoms with van der Waals surface area (Å²) in [6.45, 7) is 4.34. The first kappa shape index (κ1) is 19.4. The fourth-order valence-corrected chi connectivity index (χ4v) is 2.81. The molecule has 5 nitrogen and oxygen atoms in total. The van der Waals surface area contributed by atoms with Gasteiger partial charge in [-0.15, -0.1) is 0 Å². The highest BCUT2D eigenvalue weighted by atomic mass is 35.5. The maximum absolute atomic E-state index is 11.9. The van der Waals surface area contributed by atoms with Gasteiger partial charge in [0.25, 0.3) is 0 Å². The van der Waals surface area contributed by atoms with Crippen LogP contribution < -0.4 is 22.4 Å². The largest absolute Gasteiger partial charge is 1.00 e. The van der Waals surface area contributed by atoms with Crippen LogP contribution in [-0.2, 0) is 11.3 Å². The minimum Gasteiger partial charge on any atom is -1.00 e. The number of pyridine rings is 1. The highest BCUT2D eigenvalue weighted by Gasteiger charge is 2.10. The van der Waals surface area contributed by atoms with Gasteiger partial charge in [0, 0.05) is 34.8 Å². The number of carbonyl (C=O) groups is 1. The van der Waals surface area contributed by atoms with Crippen molar-refractivity contribution in [2.45, 2.75) is 20.4 Å². The van der Waals surface area contributed by atoms with Gasteiger partial charge in [0.1, 0.15) is 0 Å². The summed E-state index contributed by atoms with van der Waals surface area (Å²) in [6.07, 6.45) is 5.38. The molecule has 3 aromatic rings. The van der Waals surface area contributed by atoms with E-state index >= 15 is 0 Å². The van der Waals surface area contributed by atoms with Crippen LogP contribution in [0.3, 0.4) is 0 Å². The second kappa shape index (κ2) is 8.97. The molecule has 1 N–H and O–H groups in total. The quantitative estimate of drug-likeness (QED) is 0.370. The average Bonchev–Trinajstić information content (AvgIpc) is 2.90.